The summed E-state index contributed by atoms with van der Waals surface area (Å²) in [6.45, 7) is 18.1. The number of aryl methyl sites for hydroxylation is 13. The van der Waals surface area contributed by atoms with E-state index < -0.39 is 38.7 Å². The molecule has 5 aromatic carbocycles. The number of benzene rings is 5. The quantitative estimate of drug-likeness (QED) is 0.122. The lowest BCUT2D eigenvalue weighted by molar-refractivity contribution is -0.661. The van der Waals surface area contributed by atoms with E-state index in [1.165, 1.54) is 97.3 Å². The SMILES string of the molecule is Cc1ccc(C)c(-c2cccc[n+]2C)c1.Cc1ccccc1-c1cc(C(C)C)c(C)c[n+]1C.Cc1ccccc1-c1cc(C)c(C(C)C)c[n+]1C.[2H]C([2H])([2H])C([2H])(C([2H])([2H])[2H])C([2H])([2H])c1ccc(-c2cccc[n+]2C)c(C)c1.[2H]C([2H])([2H])C([2H])(C)c1ccc(-c2cccc[n+]2C)c(C)c1. The van der Waals surface area contributed by atoms with Crippen molar-refractivity contribution in [3.63, 3.8) is 0 Å². The Morgan fingerprint density at radius 1 is 0.360 bits per heavy atom. The van der Waals surface area contributed by atoms with Crippen LogP contribution in [0.4, 0.5) is 0 Å². The number of pyridine rings is 5. The number of rotatable bonds is 10. The summed E-state index contributed by atoms with van der Waals surface area (Å²) in [6, 6.07) is 56.0. The Balaban J connectivity index is 0.000000198. The molecule has 0 saturated heterocycles. The molecule has 5 nitrogen and oxygen atoms in total. The highest BCUT2D eigenvalue weighted by molar-refractivity contribution is 5.65. The van der Waals surface area contributed by atoms with Gasteiger partial charge in [0.15, 0.2) is 31.0 Å². The summed E-state index contributed by atoms with van der Waals surface area (Å²) >= 11 is 0. The first-order valence-electron chi connectivity index (χ1n) is 36.2. The van der Waals surface area contributed by atoms with Crippen LogP contribution >= 0.6 is 0 Å². The van der Waals surface area contributed by atoms with E-state index in [1.54, 1.807) is 19.1 Å². The molecule has 0 saturated carbocycles. The Labute approximate surface area is 538 Å². The van der Waals surface area contributed by atoms with Gasteiger partial charge in [-0.1, -0.05) is 134 Å². The Bertz CT molecular complexity index is 4420. The molecule has 0 aliphatic carbocycles. The molecule has 0 spiro atoms. The van der Waals surface area contributed by atoms with E-state index in [9.17, 15) is 0 Å². The molecule has 0 fully saturated rings. The molecule has 0 amide bonds. The van der Waals surface area contributed by atoms with Crippen LogP contribution in [0.15, 0.2) is 201 Å². The Morgan fingerprint density at radius 3 is 1.29 bits per heavy atom. The van der Waals surface area contributed by atoms with E-state index in [4.69, 9.17) is 17.8 Å². The molecule has 0 aliphatic rings. The van der Waals surface area contributed by atoms with Gasteiger partial charge in [-0.25, -0.2) is 22.8 Å². The zero-order valence-electron chi connectivity index (χ0n) is 67.4. The van der Waals surface area contributed by atoms with Crippen LogP contribution < -0.4 is 22.8 Å². The monoisotopic (exact) mass is 1160 g/mol. The van der Waals surface area contributed by atoms with Gasteiger partial charge in [-0.2, -0.15) is 0 Å². The van der Waals surface area contributed by atoms with Crippen molar-refractivity contribution >= 4 is 0 Å². The summed E-state index contributed by atoms with van der Waals surface area (Å²) in [6.07, 6.45) is 7.49. The summed E-state index contributed by atoms with van der Waals surface area (Å²) in [4.78, 5) is 0. The van der Waals surface area contributed by atoms with Crippen LogP contribution in [0.1, 0.15) is 157 Å². The minimum absolute atomic E-state index is 0.149. The van der Waals surface area contributed by atoms with Crippen LogP contribution in [0.25, 0.3) is 56.3 Å². The van der Waals surface area contributed by atoms with Crippen LogP contribution in [0.3, 0.4) is 0 Å². The van der Waals surface area contributed by atoms with Gasteiger partial charge in [-0.15, -0.1) is 0 Å². The molecule has 10 rings (SSSR count). The van der Waals surface area contributed by atoms with Crippen LogP contribution in [0, 0.1) is 61.3 Å². The lowest BCUT2D eigenvalue weighted by Gasteiger charge is -2.11. The van der Waals surface area contributed by atoms with Crippen LogP contribution in [-0.2, 0) is 41.6 Å². The molecule has 1 atom stereocenters. The van der Waals surface area contributed by atoms with Crippen molar-refractivity contribution in [2.24, 2.45) is 41.1 Å². The fraction of sp³-hybridized carbons (Fsp3) is 0.321. The second-order valence-electron chi connectivity index (χ2n) is 23.3. The maximum Gasteiger partial charge on any atom is 0.212 e. The number of hydrogen-bond acceptors (Lipinski definition) is 0. The third-order valence-electron chi connectivity index (χ3n) is 15.7. The van der Waals surface area contributed by atoms with Gasteiger partial charge >= 0.3 is 0 Å². The van der Waals surface area contributed by atoms with Gasteiger partial charge in [0.05, 0.1) is 0 Å². The fourth-order valence-electron chi connectivity index (χ4n) is 10.8. The predicted molar refractivity (Wildman–Crippen MR) is 364 cm³/mol. The number of aromatic nitrogens is 5. The standard InChI is InChI=1S/3C17H22N.C16H20N.C14H16N/c1-12(2)16-10-17(18(5)11-14(16)4)15-9-7-6-8-13(15)3;1-12(2)16-11-18(5)17(10-14(16)4)15-9-7-6-8-13(15)3;1-13(2)11-15-8-9-16(14(3)12-15)17-7-5-6-10-18(17)4;1-12(2)14-8-9-15(13(3)11-14)16-7-5-6-10-17(16)4;1-11-7-8-12(2)13(10-11)14-6-4-5-9-15(14)3/h2*6-12H,1-5H3;5-10,12-13H,11H2,1-4H3;5-12H,1-4H3;4-10H,1-3H3/q5*+1/i;;1D3,2D3,11D2,13D;1D3,12D;. The van der Waals surface area contributed by atoms with Gasteiger partial charge in [-0.3, -0.25) is 0 Å². The average Bonchev–Trinajstić information content (AvgIpc) is 0.719. The maximum atomic E-state index is 8.30. The highest BCUT2D eigenvalue weighted by Gasteiger charge is 2.20. The zero-order chi connectivity index (χ0) is 74.1. The van der Waals surface area contributed by atoms with Crippen molar-refractivity contribution in [1.29, 1.82) is 0 Å². The van der Waals surface area contributed by atoms with Gasteiger partial charge in [0.2, 0.25) is 28.5 Å². The molecule has 0 bridgehead atoms. The van der Waals surface area contributed by atoms with Crippen LogP contribution in [-0.4, -0.2) is 0 Å². The van der Waals surface area contributed by atoms with E-state index in [-0.39, 0.29) is 5.56 Å². The summed E-state index contributed by atoms with van der Waals surface area (Å²) in [5.41, 5.74) is 24.4. The highest BCUT2D eigenvalue weighted by atomic mass is 14.9. The molecule has 0 N–H and O–H groups in total. The number of nitrogens with zero attached hydrogens (tertiary/aromatic N) is 5. The van der Waals surface area contributed by atoms with Crippen molar-refractivity contribution in [3.8, 4) is 56.3 Å². The molecule has 5 heteroatoms. The first-order chi connectivity index (χ1) is 46.0. The molecular formula is C81H102N5+5. The third kappa shape index (κ3) is 18.0. The summed E-state index contributed by atoms with van der Waals surface area (Å²) < 4.78 is 111. The van der Waals surface area contributed by atoms with Gasteiger partial charge in [0.25, 0.3) is 0 Å². The maximum absolute atomic E-state index is 8.30. The lowest BCUT2D eigenvalue weighted by atomic mass is 9.96. The van der Waals surface area contributed by atoms with E-state index in [2.05, 4.69) is 220 Å². The lowest BCUT2D eigenvalue weighted by Crippen LogP contribution is -2.32. The Hall–Kier alpha value is -8.15. The van der Waals surface area contributed by atoms with Crippen LogP contribution in [0.5, 0.6) is 0 Å². The molecule has 10 aromatic rings. The minimum Gasteiger partial charge on any atom is -0.201 e. The topological polar surface area (TPSA) is 19.4 Å². The molecule has 446 valence electrons. The van der Waals surface area contributed by atoms with E-state index >= 15 is 0 Å². The van der Waals surface area contributed by atoms with E-state index in [0.717, 1.165) is 28.1 Å². The zero-order valence-corrected chi connectivity index (χ0v) is 54.4. The summed E-state index contributed by atoms with van der Waals surface area (Å²) in [5, 5.41) is 0. The van der Waals surface area contributed by atoms with Crippen molar-refractivity contribution in [2.75, 3.05) is 0 Å². The van der Waals surface area contributed by atoms with E-state index in [0.29, 0.717) is 23.0 Å². The largest absolute Gasteiger partial charge is 0.212 e. The summed E-state index contributed by atoms with van der Waals surface area (Å²) in [7, 11) is 10.2. The Kier molecular flexibility index (Phi) is 18.2. The highest BCUT2D eigenvalue weighted by Crippen LogP contribution is 2.29. The first kappa shape index (κ1) is 50.0. The predicted octanol–water partition coefficient (Wildman–Crippen LogP) is 17.9. The van der Waals surface area contributed by atoms with Crippen molar-refractivity contribution in [3.05, 3.63) is 268 Å². The normalized spacial score (nSPS) is 14.5. The number of hydrogen-bond donors (Lipinski definition) is 0. The van der Waals surface area contributed by atoms with Crippen LogP contribution in [0.2, 0.25) is 0 Å². The second-order valence-corrected chi connectivity index (χ2v) is 23.3. The van der Waals surface area contributed by atoms with Crippen molar-refractivity contribution in [2.45, 2.75) is 135 Å². The average molecular weight is 1160 g/mol. The smallest absolute Gasteiger partial charge is 0.201 e. The molecule has 0 aliphatic heterocycles. The molecular weight excluding hydrogens is 1040 g/mol. The van der Waals surface area contributed by atoms with Gasteiger partial charge in [0.1, 0.15) is 35.2 Å². The molecule has 5 aromatic heterocycles. The van der Waals surface area contributed by atoms with Gasteiger partial charge in [0, 0.05) is 105 Å². The second kappa shape index (κ2) is 31.3. The van der Waals surface area contributed by atoms with Crippen molar-refractivity contribution in [1.82, 2.24) is 0 Å². The Morgan fingerprint density at radius 2 is 0.814 bits per heavy atom. The fourth-order valence-corrected chi connectivity index (χ4v) is 10.8. The van der Waals surface area contributed by atoms with Gasteiger partial charge in [-0.05, 0) is 184 Å². The summed E-state index contributed by atoms with van der Waals surface area (Å²) in [5.74, 6) is -3.77. The minimum atomic E-state index is -3.35. The third-order valence-corrected chi connectivity index (χ3v) is 15.7. The van der Waals surface area contributed by atoms with Gasteiger partial charge < -0.3 is 0 Å². The molecule has 0 radical (unpaired) electrons. The van der Waals surface area contributed by atoms with E-state index in [1.807, 2.05) is 91.1 Å². The molecule has 86 heavy (non-hydrogen) atoms. The molecule has 5 heterocycles. The van der Waals surface area contributed by atoms with Crippen molar-refractivity contribution < 1.29 is 40.7 Å². The first-order valence-corrected chi connectivity index (χ1v) is 29.7. The molecule has 1 unspecified atom stereocenters.